The van der Waals surface area contributed by atoms with Crippen LogP contribution >= 0.6 is 47.1 Å². The quantitative estimate of drug-likeness (QED) is 0.525. The van der Waals surface area contributed by atoms with Gasteiger partial charge in [0.2, 0.25) is 0 Å². The van der Waals surface area contributed by atoms with Gasteiger partial charge >= 0.3 is 0 Å². The van der Waals surface area contributed by atoms with Gasteiger partial charge in [-0.05, 0) is 6.66 Å². The Labute approximate surface area is 54.2 Å². The third-order valence-electron chi connectivity index (χ3n) is 0.572. The molecule has 0 aliphatic carbocycles. The fourth-order valence-electron chi connectivity index (χ4n) is 0.283. The highest BCUT2D eigenvalue weighted by molar-refractivity contribution is 8.95. The van der Waals surface area contributed by atoms with E-state index in [1.165, 1.54) is 39.8 Å². The molecule has 1 rings (SSSR count). The maximum absolute atomic E-state index is 2.47. The largest absolute Gasteiger partial charge is 0.0677 e. The number of hydrogen-bond donors (Lipinski definition) is 0. The monoisotopic (exact) mass is 206 g/mol. The minimum absolute atomic E-state index is 0.596. The van der Waals surface area contributed by atoms with Gasteiger partial charge in [0.1, 0.15) is 0 Å². The van der Waals surface area contributed by atoms with Gasteiger partial charge in [0, 0.05) is 0 Å². The van der Waals surface area contributed by atoms with Gasteiger partial charge in [-0.15, -0.1) is 0 Å². The van der Waals surface area contributed by atoms with Crippen LogP contribution in [0.3, 0.4) is 0 Å². The molecule has 1 aliphatic rings. The number of hydrogen-bond acceptors (Lipinski definition) is 0. The lowest BCUT2D eigenvalue weighted by Crippen LogP contribution is -1.36. The molecule has 1 fully saturated rings. The Kier molecular flexibility index (Phi) is 4.83. The van der Waals surface area contributed by atoms with E-state index < -0.39 is 0 Å². The lowest BCUT2D eigenvalue weighted by molar-refractivity contribution is 2.50. The molecule has 6 heteroatoms. The first-order chi connectivity index (χ1) is 3.39. The molecule has 4 unspecified atom stereocenters. The molecule has 0 bridgehead atoms. The van der Waals surface area contributed by atoms with Crippen LogP contribution < -0.4 is 0 Å². The maximum Gasteiger partial charge on any atom is -0.0365 e. The molecule has 0 aromatic carbocycles. The van der Waals surface area contributed by atoms with Gasteiger partial charge in [0.15, 0.2) is 0 Å². The summed E-state index contributed by atoms with van der Waals surface area (Å²) < 4.78 is 0. The predicted molar refractivity (Wildman–Crippen MR) is 54.4 cm³/mol. The van der Waals surface area contributed by atoms with Crippen molar-refractivity contribution in [2.24, 2.45) is 0 Å². The molecule has 42 valence electrons. The van der Waals surface area contributed by atoms with Crippen molar-refractivity contribution in [3.8, 4) is 0 Å². The molecule has 4 atom stereocenters. The van der Waals surface area contributed by atoms with Crippen LogP contribution in [0, 0.1) is 0 Å². The van der Waals surface area contributed by atoms with E-state index in [4.69, 9.17) is 0 Å². The van der Waals surface area contributed by atoms with Crippen LogP contribution in [-0.2, 0) is 0 Å². The molecule has 1 heterocycles. The highest BCUT2D eigenvalue weighted by Gasteiger charge is 2.04. The molecule has 0 amide bonds. The normalized spacial score (nSPS) is 50.1. The van der Waals surface area contributed by atoms with Crippen molar-refractivity contribution in [2.75, 3.05) is 6.66 Å². The predicted octanol–water partition coefficient (Wildman–Crippen LogP) is 3.99. The summed E-state index contributed by atoms with van der Waals surface area (Å²) in [7, 11) is 7.55. The summed E-state index contributed by atoms with van der Waals surface area (Å²) in [6.07, 6.45) is 0. The Balaban J connectivity index is 2.12. The molecule has 7 heavy (non-hydrogen) atoms. The van der Waals surface area contributed by atoms with Gasteiger partial charge < -0.3 is 0 Å². The van der Waals surface area contributed by atoms with E-state index in [1.54, 1.807) is 0 Å². The van der Waals surface area contributed by atoms with Crippen molar-refractivity contribution < 1.29 is 0 Å². The van der Waals surface area contributed by atoms with E-state index in [9.17, 15) is 0 Å². The van der Waals surface area contributed by atoms with Gasteiger partial charge in [0.25, 0.3) is 0 Å². The van der Waals surface area contributed by atoms with E-state index in [0.29, 0.717) is 7.30 Å². The van der Waals surface area contributed by atoms with Crippen LogP contribution in [0.5, 0.6) is 0 Å². The molecular weight excluding hydrogens is 198 g/mol. The van der Waals surface area contributed by atoms with Crippen LogP contribution in [0.15, 0.2) is 0 Å². The first-order valence-electron chi connectivity index (χ1n) is 1.89. The third-order valence-corrected chi connectivity index (χ3v) is 34.3. The van der Waals surface area contributed by atoms with Crippen LogP contribution in [0.1, 0.15) is 0 Å². The molecule has 0 aromatic rings. The van der Waals surface area contributed by atoms with Crippen molar-refractivity contribution in [1.82, 2.24) is 0 Å². The zero-order chi connectivity index (χ0) is 5.11. The summed E-state index contributed by atoms with van der Waals surface area (Å²) in [5, 5.41) is 0. The fourth-order valence-corrected chi connectivity index (χ4v) is 50.6. The molecule has 0 radical (unpaired) electrons. The second kappa shape index (κ2) is 4.40. The minimum Gasteiger partial charge on any atom is -0.0677 e. The smallest absolute Gasteiger partial charge is 0.0365 e. The highest BCUT2D eigenvalue weighted by Crippen LogP contribution is 2.93. The first-order valence-corrected chi connectivity index (χ1v) is 14.4. The average Bonchev–Trinajstić information content (AvgIpc) is 1.69. The Morgan fingerprint density at radius 1 is 1.00 bits per heavy atom. The lowest BCUT2D eigenvalue weighted by atomic mass is 12.0. The van der Waals surface area contributed by atoms with Crippen LogP contribution in [-0.4, -0.2) is 6.66 Å². The molecule has 0 N–H and O–H groups in total. The van der Waals surface area contributed by atoms with Gasteiger partial charge in [-0.2, -0.15) is 0 Å². The summed E-state index contributed by atoms with van der Waals surface area (Å²) in [4.78, 5) is 0. The van der Waals surface area contributed by atoms with Gasteiger partial charge in [-0.3, -0.25) is 0 Å². The first kappa shape index (κ1) is 7.68. The maximum atomic E-state index is 2.47. The second-order valence-electron chi connectivity index (χ2n) is 1.16. The van der Waals surface area contributed by atoms with Crippen LogP contribution in [0.2, 0.25) is 0 Å². The lowest BCUT2D eigenvalue weighted by Gasteiger charge is -2.16. The highest BCUT2D eigenvalue weighted by atomic mass is 33.0. The minimum atomic E-state index is 0.596. The molecule has 0 aromatic heterocycles. The van der Waals surface area contributed by atoms with Crippen molar-refractivity contribution >= 4 is 47.1 Å². The SMILES string of the molecule is CP1PPPPP1. The molecule has 0 nitrogen and oxygen atoms in total. The molecule has 0 spiro atoms. The Hall–Kier alpha value is 2.58. The second-order valence-corrected chi connectivity index (χ2v) is 23.2. The van der Waals surface area contributed by atoms with E-state index in [1.807, 2.05) is 0 Å². The van der Waals surface area contributed by atoms with Crippen LogP contribution in [0.4, 0.5) is 0 Å². The van der Waals surface area contributed by atoms with E-state index in [-0.39, 0.29) is 0 Å². The Bertz CT molecular complexity index is 46.1. The summed E-state index contributed by atoms with van der Waals surface area (Å²) in [6, 6.07) is 0. The van der Waals surface area contributed by atoms with Gasteiger partial charge in [-0.25, -0.2) is 0 Å². The van der Waals surface area contributed by atoms with Gasteiger partial charge in [0.05, 0.1) is 0 Å². The zero-order valence-corrected chi connectivity index (χ0v) is 9.84. The summed E-state index contributed by atoms with van der Waals surface area (Å²) in [6.45, 7) is 2.47. The standard InChI is InChI=1S/CH8P6/c1-7-5-3-2-4-6-7/h2-6H,1H3. The fraction of sp³-hybridized carbons (Fsp3) is 1.00. The summed E-state index contributed by atoms with van der Waals surface area (Å²) in [5.41, 5.74) is 0. The molecular formula is CH8P6. The Morgan fingerprint density at radius 3 is 1.86 bits per heavy atom. The van der Waals surface area contributed by atoms with Crippen molar-refractivity contribution in [2.45, 2.75) is 0 Å². The zero-order valence-electron chi connectivity index (χ0n) is 3.95. The van der Waals surface area contributed by atoms with Crippen molar-refractivity contribution in [3.63, 3.8) is 0 Å². The molecule has 0 saturated carbocycles. The van der Waals surface area contributed by atoms with Crippen LogP contribution in [0.25, 0.3) is 0 Å². The van der Waals surface area contributed by atoms with E-state index in [2.05, 4.69) is 6.66 Å². The Morgan fingerprint density at radius 2 is 1.57 bits per heavy atom. The topological polar surface area (TPSA) is 0 Å². The molecule has 1 aliphatic heterocycles. The van der Waals surface area contributed by atoms with Crippen molar-refractivity contribution in [3.05, 3.63) is 0 Å². The third kappa shape index (κ3) is 3.32. The van der Waals surface area contributed by atoms with E-state index in [0.717, 1.165) is 0 Å². The molecule has 1 saturated heterocycles. The summed E-state index contributed by atoms with van der Waals surface area (Å²) in [5.74, 6) is 0. The average molecular weight is 206 g/mol. The van der Waals surface area contributed by atoms with E-state index >= 15 is 0 Å². The van der Waals surface area contributed by atoms with Gasteiger partial charge in [-0.1, -0.05) is 47.1 Å². The summed E-state index contributed by atoms with van der Waals surface area (Å²) >= 11 is 0. The number of rotatable bonds is 0. The van der Waals surface area contributed by atoms with Crippen molar-refractivity contribution in [1.29, 1.82) is 0 Å².